The van der Waals surface area contributed by atoms with Crippen molar-refractivity contribution in [3.05, 3.63) is 64.8 Å². The number of aryl methyl sites for hydroxylation is 1. The lowest BCUT2D eigenvalue weighted by Crippen LogP contribution is -1.99. The second-order valence-corrected chi connectivity index (χ2v) is 5.30. The minimum absolute atomic E-state index is 0.472. The van der Waals surface area contributed by atoms with Crippen molar-refractivity contribution >= 4 is 22.5 Å². The van der Waals surface area contributed by atoms with Crippen LogP contribution >= 0.6 is 11.6 Å². The van der Waals surface area contributed by atoms with Gasteiger partial charge < -0.3 is 5.73 Å². The van der Waals surface area contributed by atoms with Gasteiger partial charge in [-0.15, -0.1) is 0 Å². The van der Waals surface area contributed by atoms with Gasteiger partial charge in [-0.1, -0.05) is 29.8 Å². The molecule has 0 spiro atoms. The zero-order chi connectivity index (χ0) is 14.1. The third-order valence-electron chi connectivity index (χ3n) is 3.43. The molecule has 2 nitrogen and oxygen atoms in total. The largest absolute Gasteiger partial charge is 0.326 e. The number of pyridine rings is 1. The highest BCUT2D eigenvalue weighted by Gasteiger charge is 2.06. The first-order valence-electron chi connectivity index (χ1n) is 6.53. The Hall–Kier alpha value is -1.90. The number of hydrogen-bond acceptors (Lipinski definition) is 2. The van der Waals surface area contributed by atoms with Crippen LogP contribution in [0.15, 0.2) is 48.5 Å². The first kappa shape index (κ1) is 13.1. The third-order valence-corrected chi connectivity index (χ3v) is 3.66. The number of benzene rings is 2. The Labute approximate surface area is 123 Å². The molecular weight excluding hydrogens is 268 g/mol. The van der Waals surface area contributed by atoms with Gasteiger partial charge in [0.05, 0.1) is 5.52 Å². The van der Waals surface area contributed by atoms with Crippen LogP contribution < -0.4 is 5.73 Å². The normalized spacial score (nSPS) is 10.9. The van der Waals surface area contributed by atoms with Crippen molar-refractivity contribution in [2.75, 3.05) is 0 Å². The molecule has 0 fully saturated rings. The summed E-state index contributed by atoms with van der Waals surface area (Å²) in [5.74, 6) is 0. The monoisotopic (exact) mass is 282 g/mol. The van der Waals surface area contributed by atoms with E-state index in [4.69, 9.17) is 17.3 Å². The van der Waals surface area contributed by atoms with Gasteiger partial charge in [0.25, 0.3) is 0 Å². The van der Waals surface area contributed by atoms with Crippen molar-refractivity contribution < 1.29 is 0 Å². The summed E-state index contributed by atoms with van der Waals surface area (Å²) in [7, 11) is 0. The zero-order valence-corrected chi connectivity index (χ0v) is 12.0. The molecule has 1 aromatic heterocycles. The van der Waals surface area contributed by atoms with Gasteiger partial charge in [0.1, 0.15) is 0 Å². The Bertz CT molecular complexity index is 781. The lowest BCUT2D eigenvalue weighted by Gasteiger charge is -2.10. The van der Waals surface area contributed by atoms with Crippen LogP contribution in [0.1, 0.15) is 11.3 Å². The molecule has 2 aromatic carbocycles. The summed E-state index contributed by atoms with van der Waals surface area (Å²) in [5.41, 5.74) is 11.2. The van der Waals surface area contributed by atoms with Crippen LogP contribution in [-0.2, 0) is 6.54 Å². The van der Waals surface area contributed by atoms with Crippen molar-refractivity contribution in [1.82, 2.24) is 4.98 Å². The molecule has 0 atom stereocenters. The molecule has 0 amide bonds. The van der Waals surface area contributed by atoms with Crippen LogP contribution in [0.4, 0.5) is 0 Å². The standard InChI is InChI=1S/C17H15ClN2/c1-11-2-3-13-8-12(4-7-17(13)20-11)16-6-5-15(18)9-14(16)10-19/h2-9H,10,19H2,1H3. The average Bonchev–Trinajstić information content (AvgIpc) is 2.46. The summed E-state index contributed by atoms with van der Waals surface area (Å²) in [6, 6.07) is 16.2. The van der Waals surface area contributed by atoms with E-state index in [1.54, 1.807) is 0 Å². The molecule has 0 radical (unpaired) electrons. The van der Waals surface area contributed by atoms with Crippen molar-refractivity contribution in [3.63, 3.8) is 0 Å². The van der Waals surface area contributed by atoms with Crippen LogP contribution in [0.5, 0.6) is 0 Å². The predicted octanol–water partition coefficient (Wildman–Crippen LogP) is 4.32. The molecular formula is C17H15ClN2. The van der Waals surface area contributed by atoms with E-state index >= 15 is 0 Å². The first-order chi connectivity index (χ1) is 9.67. The number of hydrogen-bond donors (Lipinski definition) is 1. The zero-order valence-electron chi connectivity index (χ0n) is 11.2. The smallest absolute Gasteiger partial charge is 0.0705 e. The summed E-state index contributed by atoms with van der Waals surface area (Å²) in [6.45, 7) is 2.47. The quantitative estimate of drug-likeness (QED) is 0.760. The Kier molecular flexibility index (Phi) is 3.43. The molecule has 0 unspecified atom stereocenters. The molecule has 3 heteroatoms. The Morgan fingerprint density at radius 1 is 1.05 bits per heavy atom. The SMILES string of the molecule is Cc1ccc2cc(-c3ccc(Cl)cc3CN)ccc2n1. The van der Waals surface area contributed by atoms with E-state index in [1.165, 1.54) is 0 Å². The van der Waals surface area contributed by atoms with Gasteiger partial charge in [-0.3, -0.25) is 4.98 Å². The van der Waals surface area contributed by atoms with Gasteiger partial charge in [-0.05, 0) is 53.9 Å². The average molecular weight is 283 g/mol. The highest BCUT2D eigenvalue weighted by molar-refractivity contribution is 6.30. The number of halogens is 1. The minimum atomic E-state index is 0.472. The number of aromatic nitrogens is 1. The maximum absolute atomic E-state index is 6.03. The fraction of sp³-hybridized carbons (Fsp3) is 0.118. The van der Waals surface area contributed by atoms with E-state index in [2.05, 4.69) is 23.2 Å². The molecule has 3 rings (SSSR count). The summed E-state index contributed by atoms with van der Waals surface area (Å²) < 4.78 is 0. The number of fused-ring (bicyclic) bond motifs is 1. The highest BCUT2D eigenvalue weighted by Crippen LogP contribution is 2.28. The van der Waals surface area contributed by atoms with Crippen molar-refractivity contribution in [3.8, 4) is 11.1 Å². The number of nitrogens with zero attached hydrogens (tertiary/aromatic N) is 1. The van der Waals surface area contributed by atoms with E-state index < -0.39 is 0 Å². The first-order valence-corrected chi connectivity index (χ1v) is 6.91. The summed E-state index contributed by atoms with van der Waals surface area (Å²) in [4.78, 5) is 4.52. The molecule has 3 aromatic rings. The number of rotatable bonds is 2. The van der Waals surface area contributed by atoms with E-state index in [0.717, 1.165) is 33.3 Å². The predicted molar refractivity (Wildman–Crippen MR) is 84.8 cm³/mol. The second-order valence-electron chi connectivity index (χ2n) is 4.87. The summed E-state index contributed by atoms with van der Waals surface area (Å²) in [5, 5.41) is 1.85. The molecule has 0 saturated heterocycles. The van der Waals surface area contributed by atoms with Crippen molar-refractivity contribution in [2.24, 2.45) is 5.73 Å². The molecule has 100 valence electrons. The van der Waals surface area contributed by atoms with Gasteiger partial charge in [-0.25, -0.2) is 0 Å². The minimum Gasteiger partial charge on any atom is -0.326 e. The second kappa shape index (κ2) is 5.23. The van der Waals surface area contributed by atoms with E-state index in [0.29, 0.717) is 11.6 Å². The van der Waals surface area contributed by atoms with E-state index in [1.807, 2.05) is 37.3 Å². The summed E-state index contributed by atoms with van der Waals surface area (Å²) >= 11 is 6.03. The lowest BCUT2D eigenvalue weighted by atomic mass is 9.98. The Morgan fingerprint density at radius 2 is 1.90 bits per heavy atom. The van der Waals surface area contributed by atoms with E-state index in [-0.39, 0.29) is 0 Å². The summed E-state index contributed by atoms with van der Waals surface area (Å²) in [6.07, 6.45) is 0. The number of nitrogens with two attached hydrogens (primary N) is 1. The molecule has 0 aliphatic carbocycles. The molecule has 0 aliphatic rings. The Morgan fingerprint density at radius 3 is 2.70 bits per heavy atom. The molecule has 20 heavy (non-hydrogen) atoms. The highest BCUT2D eigenvalue weighted by atomic mass is 35.5. The fourth-order valence-electron chi connectivity index (χ4n) is 2.41. The van der Waals surface area contributed by atoms with Gasteiger partial charge >= 0.3 is 0 Å². The van der Waals surface area contributed by atoms with Crippen molar-refractivity contribution in [1.29, 1.82) is 0 Å². The fourth-order valence-corrected chi connectivity index (χ4v) is 2.60. The lowest BCUT2D eigenvalue weighted by molar-refractivity contribution is 1.07. The van der Waals surface area contributed by atoms with Gasteiger partial charge in [0.15, 0.2) is 0 Å². The topological polar surface area (TPSA) is 38.9 Å². The van der Waals surface area contributed by atoms with Gasteiger partial charge in [0, 0.05) is 22.6 Å². The van der Waals surface area contributed by atoms with Gasteiger partial charge in [0.2, 0.25) is 0 Å². The molecule has 0 aliphatic heterocycles. The maximum atomic E-state index is 6.03. The van der Waals surface area contributed by atoms with Crippen LogP contribution in [0.2, 0.25) is 5.02 Å². The molecule has 0 bridgehead atoms. The molecule has 1 heterocycles. The van der Waals surface area contributed by atoms with Crippen LogP contribution in [0.3, 0.4) is 0 Å². The Balaban J connectivity index is 2.17. The third kappa shape index (κ3) is 2.40. The van der Waals surface area contributed by atoms with Crippen LogP contribution in [0.25, 0.3) is 22.0 Å². The van der Waals surface area contributed by atoms with Crippen LogP contribution in [-0.4, -0.2) is 4.98 Å². The molecule has 2 N–H and O–H groups in total. The maximum Gasteiger partial charge on any atom is 0.0705 e. The molecule has 0 saturated carbocycles. The van der Waals surface area contributed by atoms with Gasteiger partial charge in [-0.2, -0.15) is 0 Å². The van der Waals surface area contributed by atoms with Crippen molar-refractivity contribution in [2.45, 2.75) is 13.5 Å². The van der Waals surface area contributed by atoms with Crippen LogP contribution in [0, 0.1) is 6.92 Å². The van der Waals surface area contributed by atoms with E-state index in [9.17, 15) is 0 Å².